The molecule has 0 aromatic heterocycles. The molecule has 0 amide bonds. The molecule has 1 atom stereocenters. The standard InChI is InChI=1S/C18H35N3OS.HI/c1-5-19-16(20-12-14-23(22)17(2,3)4)21-13-11-18(15-21)9-7-6-8-10-18;/h5-15H2,1-4H3,(H,19,20);1H. The molecule has 0 radical (unpaired) electrons. The highest BCUT2D eigenvalue weighted by atomic mass is 127. The van der Waals surface area contributed by atoms with Crippen molar-refractivity contribution in [2.75, 3.05) is 31.9 Å². The van der Waals surface area contributed by atoms with Gasteiger partial charge in [0, 0.05) is 40.9 Å². The maximum Gasteiger partial charge on any atom is 0.193 e. The maximum atomic E-state index is 12.2. The Hall–Kier alpha value is 0.150. The van der Waals surface area contributed by atoms with Crippen LogP contribution in [0.1, 0.15) is 66.2 Å². The third-order valence-corrected chi connectivity index (χ3v) is 7.13. The normalized spacial score (nSPS) is 22.3. The molecule has 6 heteroatoms. The molecule has 1 N–H and O–H groups in total. The molecule has 1 spiro atoms. The van der Waals surface area contributed by atoms with E-state index in [4.69, 9.17) is 4.99 Å². The molecule has 142 valence electrons. The second kappa shape index (κ2) is 9.74. The van der Waals surface area contributed by atoms with E-state index in [0.29, 0.717) is 17.7 Å². The molecular weight excluding hydrogens is 433 g/mol. The first-order valence-corrected chi connectivity index (χ1v) is 10.6. The summed E-state index contributed by atoms with van der Waals surface area (Å²) in [4.78, 5) is 7.20. The van der Waals surface area contributed by atoms with Crippen LogP contribution in [0.2, 0.25) is 0 Å². The van der Waals surface area contributed by atoms with Gasteiger partial charge in [-0.05, 0) is 52.4 Å². The highest BCUT2D eigenvalue weighted by Crippen LogP contribution is 2.43. The van der Waals surface area contributed by atoms with E-state index in [9.17, 15) is 4.21 Å². The molecular formula is C18H36IN3OS. The van der Waals surface area contributed by atoms with Crippen molar-refractivity contribution in [3.8, 4) is 0 Å². The van der Waals surface area contributed by atoms with E-state index in [1.807, 2.05) is 20.8 Å². The average molecular weight is 469 g/mol. The van der Waals surface area contributed by atoms with Gasteiger partial charge in [0.1, 0.15) is 0 Å². The fourth-order valence-electron chi connectivity index (χ4n) is 3.79. The van der Waals surface area contributed by atoms with Gasteiger partial charge in [-0.1, -0.05) is 19.3 Å². The zero-order chi connectivity index (χ0) is 16.9. The summed E-state index contributed by atoms with van der Waals surface area (Å²) in [6.45, 7) is 12.0. The molecule has 1 saturated carbocycles. The molecule has 1 aliphatic heterocycles. The van der Waals surface area contributed by atoms with Crippen molar-refractivity contribution in [1.29, 1.82) is 0 Å². The van der Waals surface area contributed by atoms with Crippen LogP contribution >= 0.6 is 24.0 Å². The summed E-state index contributed by atoms with van der Waals surface area (Å²) in [5.41, 5.74) is 0.544. The summed E-state index contributed by atoms with van der Waals surface area (Å²) < 4.78 is 12.0. The molecule has 1 saturated heterocycles. The third kappa shape index (κ3) is 6.15. The SMILES string of the molecule is CCNC(=NCCS(=O)C(C)(C)C)N1CCC2(CCCCC2)C1.I. The van der Waals surface area contributed by atoms with Crippen LogP contribution < -0.4 is 5.32 Å². The second-order valence-electron chi connectivity index (χ2n) is 8.13. The number of nitrogens with one attached hydrogen (secondary N) is 1. The summed E-state index contributed by atoms with van der Waals surface area (Å²) in [6.07, 6.45) is 8.28. The number of guanidine groups is 1. The van der Waals surface area contributed by atoms with Crippen molar-refractivity contribution in [2.24, 2.45) is 10.4 Å². The Balaban J connectivity index is 0.00000288. The number of rotatable bonds is 4. The number of nitrogens with zero attached hydrogens (tertiary/aromatic N) is 2. The van der Waals surface area contributed by atoms with Gasteiger partial charge in [0.05, 0.1) is 6.54 Å². The molecule has 1 heterocycles. The molecule has 24 heavy (non-hydrogen) atoms. The number of likely N-dealkylation sites (tertiary alicyclic amines) is 1. The van der Waals surface area contributed by atoms with Crippen molar-refractivity contribution in [3.63, 3.8) is 0 Å². The van der Waals surface area contributed by atoms with Gasteiger partial charge < -0.3 is 10.2 Å². The number of hydrogen-bond donors (Lipinski definition) is 1. The van der Waals surface area contributed by atoms with Gasteiger partial charge in [0.25, 0.3) is 0 Å². The summed E-state index contributed by atoms with van der Waals surface area (Å²) in [7, 11) is -0.823. The van der Waals surface area contributed by atoms with E-state index in [2.05, 4.69) is 17.1 Å². The van der Waals surface area contributed by atoms with E-state index in [-0.39, 0.29) is 28.7 Å². The first kappa shape index (κ1) is 22.2. The molecule has 0 aromatic carbocycles. The fraction of sp³-hybridized carbons (Fsp3) is 0.944. The Morgan fingerprint density at radius 2 is 1.88 bits per heavy atom. The largest absolute Gasteiger partial charge is 0.357 e. The molecule has 2 fully saturated rings. The van der Waals surface area contributed by atoms with Gasteiger partial charge >= 0.3 is 0 Å². The van der Waals surface area contributed by atoms with Crippen LogP contribution in [-0.2, 0) is 10.8 Å². The Morgan fingerprint density at radius 3 is 2.46 bits per heavy atom. The zero-order valence-corrected chi connectivity index (χ0v) is 19.0. The Labute approximate surface area is 168 Å². The lowest BCUT2D eigenvalue weighted by Gasteiger charge is -2.33. The third-order valence-electron chi connectivity index (χ3n) is 5.21. The minimum Gasteiger partial charge on any atom is -0.357 e. The molecule has 1 unspecified atom stereocenters. The highest BCUT2D eigenvalue weighted by Gasteiger charge is 2.39. The Bertz CT molecular complexity index is 442. The van der Waals surface area contributed by atoms with Gasteiger partial charge in [0.15, 0.2) is 5.96 Å². The fourth-order valence-corrected chi connectivity index (χ4v) is 4.66. The van der Waals surface area contributed by atoms with E-state index >= 15 is 0 Å². The van der Waals surface area contributed by atoms with E-state index in [0.717, 1.165) is 25.6 Å². The lowest BCUT2D eigenvalue weighted by molar-refractivity contribution is 0.203. The van der Waals surface area contributed by atoms with Gasteiger partial charge in [-0.15, -0.1) is 24.0 Å². The summed E-state index contributed by atoms with van der Waals surface area (Å²) in [6, 6.07) is 0. The Kier molecular flexibility index (Phi) is 9.01. The lowest BCUT2D eigenvalue weighted by atomic mass is 9.73. The van der Waals surface area contributed by atoms with Crippen molar-refractivity contribution in [2.45, 2.75) is 71.0 Å². The topological polar surface area (TPSA) is 44.7 Å². The maximum absolute atomic E-state index is 12.2. The quantitative estimate of drug-likeness (QED) is 0.387. The van der Waals surface area contributed by atoms with Gasteiger partial charge in [-0.2, -0.15) is 0 Å². The van der Waals surface area contributed by atoms with Crippen LogP contribution in [0.5, 0.6) is 0 Å². The van der Waals surface area contributed by atoms with Gasteiger partial charge in [-0.25, -0.2) is 0 Å². The minimum atomic E-state index is -0.823. The van der Waals surface area contributed by atoms with Gasteiger partial charge in [0.2, 0.25) is 0 Å². The van der Waals surface area contributed by atoms with Crippen molar-refractivity contribution in [1.82, 2.24) is 10.2 Å². The van der Waals surface area contributed by atoms with Gasteiger partial charge in [-0.3, -0.25) is 9.20 Å². The Morgan fingerprint density at radius 1 is 1.21 bits per heavy atom. The first-order chi connectivity index (χ1) is 10.9. The van der Waals surface area contributed by atoms with Crippen LogP contribution in [0.3, 0.4) is 0 Å². The molecule has 0 bridgehead atoms. The van der Waals surface area contributed by atoms with E-state index in [1.54, 1.807) is 0 Å². The van der Waals surface area contributed by atoms with Crippen LogP contribution in [0.4, 0.5) is 0 Å². The lowest BCUT2D eigenvalue weighted by Crippen LogP contribution is -2.42. The molecule has 0 aromatic rings. The van der Waals surface area contributed by atoms with Crippen molar-refractivity contribution < 1.29 is 4.21 Å². The number of hydrogen-bond acceptors (Lipinski definition) is 2. The number of halogens is 1. The first-order valence-electron chi connectivity index (χ1n) is 9.28. The second-order valence-corrected chi connectivity index (χ2v) is 10.5. The highest BCUT2D eigenvalue weighted by molar-refractivity contribution is 14.0. The van der Waals surface area contributed by atoms with E-state index in [1.165, 1.54) is 38.5 Å². The molecule has 4 nitrogen and oxygen atoms in total. The zero-order valence-electron chi connectivity index (χ0n) is 15.9. The van der Waals surface area contributed by atoms with Crippen LogP contribution in [0.15, 0.2) is 4.99 Å². The molecule has 2 aliphatic rings. The molecule has 2 rings (SSSR count). The van der Waals surface area contributed by atoms with Crippen molar-refractivity contribution >= 4 is 40.7 Å². The number of aliphatic imine (C=N–C) groups is 1. The predicted octanol–water partition coefficient (Wildman–Crippen LogP) is 3.77. The monoisotopic (exact) mass is 469 g/mol. The van der Waals surface area contributed by atoms with Crippen LogP contribution in [-0.4, -0.2) is 51.7 Å². The summed E-state index contributed by atoms with van der Waals surface area (Å²) in [5, 5.41) is 3.44. The average Bonchev–Trinajstić information content (AvgIpc) is 2.89. The van der Waals surface area contributed by atoms with E-state index < -0.39 is 10.8 Å². The molecule has 1 aliphatic carbocycles. The predicted molar refractivity (Wildman–Crippen MR) is 116 cm³/mol. The van der Waals surface area contributed by atoms with Crippen molar-refractivity contribution in [3.05, 3.63) is 0 Å². The van der Waals surface area contributed by atoms with Crippen LogP contribution in [0.25, 0.3) is 0 Å². The summed E-state index contributed by atoms with van der Waals surface area (Å²) in [5.74, 6) is 1.68. The minimum absolute atomic E-state index is 0. The smallest absolute Gasteiger partial charge is 0.193 e. The van der Waals surface area contributed by atoms with Crippen LogP contribution in [0, 0.1) is 5.41 Å². The summed E-state index contributed by atoms with van der Waals surface area (Å²) >= 11 is 0.